The van der Waals surface area contributed by atoms with Crippen LogP contribution in [0.1, 0.15) is 30.4 Å². The van der Waals surface area contributed by atoms with E-state index < -0.39 is 10.0 Å². The molecule has 0 amide bonds. The van der Waals surface area contributed by atoms with Crippen molar-refractivity contribution in [3.8, 4) is 0 Å². The summed E-state index contributed by atoms with van der Waals surface area (Å²) in [5, 5.41) is 0. The maximum absolute atomic E-state index is 12.6. The summed E-state index contributed by atoms with van der Waals surface area (Å²) in [5.74, 6) is 0. The molecule has 5 nitrogen and oxygen atoms in total. The lowest BCUT2D eigenvalue weighted by molar-refractivity contribution is 0.00858. The SMILES string of the molecule is Cc1cc(S(=O)(=O)N(C)CC2CCCCO2)ccc1CN. The Morgan fingerprint density at radius 3 is 2.71 bits per heavy atom. The third-order valence-corrected chi connectivity index (χ3v) is 5.80. The highest BCUT2D eigenvalue weighted by atomic mass is 32.2. The molecule has 0 saturated carbocycles. The fraction of sp³-hybridized carbons (Fsp3) is 0.600. The average Bonchev–Trinajstić information content (AvgIpc) is 2.48. The van der Waals surface area contributed by atoms with Crippen LogP contribution in [-0.2, 0) is 21.3 Å². The van der Waals surface area contributed by atoms with Crippen molar-refractivity contribution >= 4 is 10.0 Å². The van der Waals surface area contributed by atoms with Crippen LogP contribution in [0.2, 0.25) is 0 Å². The first-order valence-corrected chi connectivity index (χ1v) is 8.76. The molecule has 1 fully saturated rings. The van der Waals surface area contributed by atoms with Crippen molar-refractivity contribution in [3.05, 3.63) is 29.3 Å². The van der Waals surface area contributed by atoms with Crippen molar-refractivity contribution in [2.24, 2.45) is 5.73 Å². The van der Waals surface area contributed by atoms with Crippen LogP contribution in [-0.4, -0.2) is 39.0 Å². The van der Waals surface area contributed by atoms with Gasteiger partial charge in [-0.2, -0.15) is 4.31 Å². The molecule has 6 heteroatoms. The van der Waals surface area contributed by atoms with Crippen LogP contribution in [0, 0.1) is 6.92 Å². The predicted octanol–water partition coefficient (Wildman–Crippen LogP) is 1.64. The summed E-state index contributed by atoms with van der Waals surface area (Å²) >= 11 is 0. The van der Waals surface area contributed by atoms with Crippen molar-refractivity contribution < 1.29 is 13.2 Å². The van der Waals surface area contributed by atoms with Crippen LogP contribution in [0.4, 0.5) is 0 Å². The normalized spacial score (nSPS) is 19.9. The Labute approximate surface area is 127 Å². The van der Waals surface area contributed by atoms with Gasteiger partial charge in [-0.15, -0.1) is 0 Å². The smallest absolute Gasteiger partial charge is 0.242 e. The molecule has 1 aliphatic heterocycles. The van der Waals surface area contributed by atoms with Gasteiger partial charge in [-0.05, 0) is 49.4 Å². The molecule has 1 saturated heterocycles. The van der Waals surface area contributed by atoms with Gasteiger partial charge in [0.2, 0.25) is 10.0 Å². The second-order valence-electron chi connectivity index (χ2n) is 5.57. The number of ether oxygens (including phenoxy) is 1. The van der Waals surface area contributed by atoms with Crippen molar-refractivity contribution in [1.82, 2.24) is 4.31 Å². The van der Waals surface area contributed by atoms with Crippen molar-refractivity contribution in [3.63, 3.8) is 0 Å². The molecule has 118 valence electrons. The Morgan fingerprint density at radius 2 is 2.14 bits per heavy atom. The van der Waals surface area contributed by atoms with Gasteiger partial charge in [0, 0.05) is 26.7 Å². The molecular formula is C15H24N2O3S. The fourth-order valence-electron chi connectivity index (χ4n) is 2.57. The molecular weight excluding hydrogens is 288 g/mol. The Bertz CT molecular complexity index is 581. The van der Waals surface area contributed by atoms with Gasteiger partial charge in [0.1, 0.15) is 0 Å². The lowest BCUT2D eigenvalue weighted by atomic mass is 10.1. The number of hydrogen-bond donors (Lipinski definition) is 1. The first-order valence-electron chi connectivity index (χ1n) is 7.32. The quantitative estimate of drug-likeness (QED) is 0.897. The Balaban J connectivity index is 2.14. The molecule has 21 heavy (non-hydrogen) atoms. The van der Waals surface area contributed by atoms with Crippen LogP contribution < -0.4 is 5.73 Å². The monoisotopic (exact) mass is 312 g/mol. The van der Waals surface area contributed by atoms with E-state index in [0.29, 0.717) is 18.0 Å². The zero-order valence-electron chi connectivity index (χ0n) is 12.7. The van der Waals surface area contributed by atoms with E-state index in [1.807, 2.05) is 6.92 Å². The Morgan fingerprint density at radius 1 is 1.38 bits per heavy atom. The van der Waals surface area contributed by atoms with E-state index in [2.05, 4.69) is 0 Å². The lowest BCUT2D eigenvalue weighted by Crippen LogP contribution is -2.37. The van der Waals surface area contributed by atoms with E-state index in [0.717, 1.165) is 37.0 Å². The average molecular weight is 312 g/mol. The van der Waals surface area contributed by atoms with E-state index in [-0.39, 0.29) is 6.10 Å². The molecule has 0 spiro atoms. The van der Waals surface area contributed by atoms with Crippen LogP contribution >= 0.6 is 0 Å². The van der Waals surface area contributed by atoms with Crippen LogP contribution in [0.15, 0.2) is 23.1 Å². The summed E-state index contributed by atoms with van der Waals surface area (Å²) in [6.07, 6.45) is 3.09. The summed E-state index contributed by atoms with van der Waals surface area (Å²) in [4.78, 5) is 0.315. The first-order chi connectivity index (χ1) is 9.95. The zero-order chi connectivity index (χ0) is 15.5. The highest BCUT2D eigenvalue weighted by Crippen LogP contribution is 2.21. The zero-order valence-corrected chi connectivity index (χ0v) is 13.5. The molecule has 0 aromatic heterocycles. The third kappa shape index (κ3) is 3.83. The maximum atomic E-state index is 12.6. The van der Waals surface area contributed by atoms with Crippen molar-refractivity contribution in [2.45, 2.75) is 43.7 Å². The number of sulfonamides is 1. The lowest BCUT2D eigenvalue weighted by Gasteiger charge is -2.27. The summed E-state index contributed by atoms with van der Waals surface area (Å²) in [6.45, 7) is 3.42. The fourth-order valence-corrected chi connectivity index (χ4v) is 3.86. The molecule has 2 rings (SSSR count). The topological polar surface area (TPSA) is 72.6 Å². The summed E-state index contributed by atoms with van der Waals surface area (Å²) in [5.41, 5.74) is 7.49. The molecule has 0 aliphatic carbocycles. The molecule has 1 aromatic rings. The van der Waals surface area contributed by atoms with Gasteiger partial charge in [0.05, 0.1) is 11.0 Å². The number of likely N-dealkylation sites (N-methyl/N-ethyl adjacent to an activating group) is 1. The third-order valence-electron chi connectivity index (χ3n) is 3.98. The van der Waals surface area contributed by atoms with E-state index >= 15 is 0 Å². The van der Waals surface area contributed by atoms with Gasteiger partial charge in [-0.1, -0.05) is 6.07 Å². The number of nitrogens with two attached hydrogens (primary N) is 1. The largest absolute Gasteiger partial charge is 0.377 e. The van der Waals surface area contributed by atoms with Crippen LogP contribution in [0.3, 0.4) is 0 Å². The number of aryl methyl sites for hydroxylation is 1. The highest BCUT2D eigenvalue weighted by Gasteiger charge is 2.25. The standard InChI is InChI=1S/C15H24N2O3S/c1-12-9-15(7-6-13(12)10-16)21(18,19)17(2)11-14-5-3-4-8-20-14/h6-7,9,14H,3-5,8,10-11,16H2,1-2H3. The Kier molecular flexibility index (Phi) is 5.37. The molecule has 0 radical (unpaired) electrons. The Hall–Kier alpha value is -0.950. The predicted molar refractivity (Wildman–Crippen MR) is 82.5 cm³/mol. The van der Waals surface area contributed by atoms with Crippen molar-refractivity contribution in [2.75, 3.05) is 20.2 Å². The van der Waals surface area contributed by atoms with Gasteiger partial charge in [0.15, 0.2) is 0 Å². The van der Waals surface area contributed by atoms with E-state index in [4.69, 9.17) is 10.5 Å². The van der Waals surface area contributed by atoms with Gasteiger partial charge >= 0.3 is 0 Å². The minimum absolute atomic E-state index is 0.00272. The van der Waals surface area contributed by atoms with E-state index in [1.165, 1.54) is 4.31 Å². The minimum atomic E-state index is -3.47. The second kappa shape index (κ2) is 6.87. The molecule has 1 atom stereocenters. The molecule has 1 aliphatic rings. The van der Waals surface area contributed by atoms with E-state index in [9.17, 15) is 8.42 Å². The first kappa shape index (κ1) is 16.4. The molecule has 1 unspecified atom stereocenters. The molecule has 0 bridgehead atoms. The van der Waals surface area contributed by atoms with E-state index in [1.54, 1.807) is 25.2 Å². The number of nitrogens with zero attached hydrogens (tertiary/aromatic N) is 1. The van der Waals surface area contributed by atoms with Crippen LogP contribution in [0.25, 0.3) is 0 Å². The number of rotatable bonds is 5. The highest BCUT2D eigenvalue weighted by molar-refractivity contribution is 7.89. The number of benzene rings is 1. The molecule has 1 aromatic carbocycles. The molecule has 2 N–H and O–H groups in total. The van der Waals surface area contributed by atoms with Crippen molar-refractivity contribution in [1.29, 1.82) is 0 Å². The summed E-state index contributed by atoms with van der Waals surface area (Å²) in [6, 6.07) is 5.10. The summed E-state index contributed by atoms with van der Waals surface area (Å²) in [7, 11) is -1.86. The van der Waals surface area contributed by atoms with Gasteiger partial charge in [-0.3, -0.25) is 0 Å². The van der Waals surface area contributed by atoms with Gasteiger partial charge < -0.3 is 10.5 Å². The maximum Gasteiger partial charge on any atom is 0.242 e. The van der Waals surface area contributed by atoms with Gasteiger partial charge in [-0.25, -0.2) is 8.42 Å². The number of hydrogen-bond acceptors (Lipinski definition) is 4. The minimum Gasteiger partial charge on any atom is -0.377 e. The summed E-state index contributed by atoms with van der Waals surface area (Å²) < 4.78 is 32.2. The van der Waals surface area contributed by atoms with Crippen LogP contribution in [0.5, 0.6) is 0 Å². The second-order valence-corrected chi connectivity index (χ2v) is 7.61. The molecule has 1 heterocycles. The van der Waals surface area contributed by atoms with Gasteiger partial charge in [0.25, 0.3) is 0 Å².